The monoisotopic (exact) mass is 635 g/mol. The molecule has 0 aliphatic carbocycles. The number of anilines is 4. The van der Waals surface area contributed by atoms with Crippen molar-refractivity contribution >= 4 is 40.1 Å². The lowest BCUT2D eigenvalue weighted by Gasteiger charge is -2.42. The molecule has 11 nitrogen and oxygen atoms in total. The average molecular weight is 636 g/mol. The number of fused-ring (bicyclic) bond motifs is 1. The van der Waals surface area contributed by atoms with Crippen LogP contribution in [0, 0.1) is 6.92 Å². The number of aryl methyl sites for hydroxylation is 1. The highest BCUT2D eigenvalue weighted by atomic mass is 19.4. The van der Waals surface area contributed by atoms with Crippen molar-refractivity contribution in [3.05, 3.63) is 65.6 Å². The van der Waals surface area contributed by atoms with Crippen molar-refractivity contribution in [3.8, 4) is 5.75 Å². The van der Waals surface area contributed by atoms with E-state index in [2.05, 4.69) is 47.3 Å². The number of methoxy groups -OCH3 is 1. The second-order valence-electron chi connectivity index (χ2n) is 11.7. The van der Waals surface area contributed by atoms with E-state index >= 15 is 0 Å². The molecule has 242 valence electrons. The minimum Gasteiger partial charge on any atom is -0.496 e. The largest absolute Gasteiger partial charge is 0.496 e. The lowest BCUT2D eigenvalue weighted by Crippen LogP contribution is -2.53. The highest BCUT2D eigenvalue weighted by molar-refractivity contribution is 6.05. The van der Waals surface area contributed by atoms with Gasteiger partial charge in [-0.1, -0.05) is 6.07 Å². The first-order chi connectivity index (χ1) is 22.1. The van der Waals surface area contributed by atoms with E-state index in [1.165, 1.54) is 31.3 Å². The number of alkyl halides is 3. The van der Waals surface area contributed by atoms with Crippen molar-refractivity contribution in [1.82, 2.24) is 29.7 Å². The summed E-state index contributed by atoms with van der Waals surface area (Å²) < 4.78 is 45.3. The summed E-state index contributed by atoms with van der Waals surface area (Å²) in [5.41, 5.74) is 1.78. The fourth-order valence-corrected chi connectivity index (χ4v) is 5.97. The zero-order chi connectivity index (χ0) is 32.4. The van der Waals surface area contributed by atoms with Gasteiger partial charge >= 0.3 is 6.18 Å². The van der Waals surface area contributed by atoms with Crippen molar-refractivity contribution in [3.63, 3.8) is 0 Å². The van der Waals surface area contributed by atoms with Crippen LogP contribution in [0.25, 0.3) is 11.0 Å². The van der Waals surface area contributed by atoms with E-state index in [0.29, 0.717) is 34.5 Å². The fourth-order valence-electron chi connectivity index (χ4n) is 5.97. The molecular formula is C32H36F3N9O2. The topological polar surface area (TPSA) is 112 Å². The summed E-state index contributed by atoms with van der Waals surface area (Å²) in [4.78, 5) is 38.5. The number of amides is 1. The highest BCUT2D eigenvalue weighted by Crippen LogP contribution is 2.38. The number of piperazine rings is 1. The Morgan fingerprint density at radius 3 is 2.46 bits per heavy atom. The fraction of sp³-hybridized carbons (Fsp3) is 0.406. The van der Waals surface area contributed by atoms with Gasteiger partial charge in [0.25, 0.3) is 5.91 Å². The van der Waals surface area contributed by atoms with Crippen LogP contribution in [0.15, 0.2) is 48.9 Å². The molecule has 1 amide bonds. The zero-order valence-corrected chi connectivity index (χ0v) is 25.9. The molecule has 0 saturated carbocycles. The van der Waals surface area contributed by atoms with Crippen molar-refractivity contribution in [2.45, 2.75) is 32.0 Å². The normalized spacial score (nSPS) is 16.9. The summed E-state index contributed by atoms with van der Waals surface area (Å²) in [6.45, 7) is 7.69. The van der Waals surface area contributed by atoms with E-state index in [4.69, 9.17) is 9.72 Å². The standard InChI is InChI=1S/C32H36F3N9O2/c1-20-4-5-21(30(45)39-22-6-7-27(46-3)24(17-22)32(33,34)35)16-25(20)40-29-28-26(37-19-38-29)18-36-31(41-28)44-14-12-43(13-15-44)23-8-10-42(2)11-9-23/h4-7,16-19,23H,8-15H2,1-3H3,(H,39,45)(H,37,38,40). The van der Waals surface area contributed by atoms with E-state index in [0.717, 1.165) is 58.0 Å². The lowest BCUT2D eigenvalue weighted by atomic mass is 10.0. The molecule has 2 fully saturated rings. The maximum Gasteiger partial charge on any atom is 0.420 e. The van der Waals surface area contributed by atoms with Gasteiger partial charge in [0.1, 0.15) is 23.1 Å². The van der Waals surface area contributed by atoms with E-state index in [-0.39, 0.29) is 17.0 Å². The molecule has 46 heavy (non-hydrogen) atoms. The Labute approximate surface area is 264 Å². The van der Waals surface area contributed by atoms with Gasteiger partial charge in [0.2, 0.25) is 5.95 Å². The first-order valence-corrected chi connectivity index (χ1v) is 15.2. The molecule has 2 aromatic heterocycles. The molecule has 0 spiro atoms. The van der Waals surface area contributed by atoms with Gasteiger partial charge in [0, 0.05) is 49.2 Å². The number of benzene rings is 2. The van der Waals surface area contributed by atoms with E-state index in [9.17, 15) is 18.0 Å². The number of nitrogens with zero attached hydrogens (tertiary/aromatic N) is 7. The first kappa shape index (κ1) is 31.4. The summed E-state index contributed by atoms with van der Waals surface area (Å²) in [7, 11) is 3.34. The summed E-state index contributed by atoms with van der Waals surface area (Å²) in [6, 6.07) is 8.98. The number of hydrogen-bond acceptors (Lipinski definition) is 10. The van der Waals surface area contributed by atoms with Crippen LogP contribution < -0.4 is 20.3 Å². The predicted molar refractivity (Wildman–Crippen MR) is 170 cm³/mol. The number of aromatic nitrogens is 4. The Balaban J connectivity index is 1.18. The molecule has 2 aliphatic heterocycles. The minimum atomic E-state index is -4.64. The Morgan fingerprint density at radius 2 is 1.74 bits per heavy atom. The molecule has 0 radical (unpaired) electrons. The van der Waals surface area contributed by atoms with E-state index in [1.54, 1.807) is 24.4 Å². The van der Waals surface area contributed by atoms with Gasteiger partial charge < -0.3 is 25.2 Å². The molecule has 2 aliphatic rings. The van der Waals surface area contributed by atoms with Crippen LogP contribution in [-0.2, 0) is 6.18 Å². The number of rotatable bonds is 7. The summed E-state index contributed by atoms with van der Waals surface area (Å²) in [5, 5.41) is 5.84. The number of carbonyl (C=O) groups is 1. The third-order valence-corrected chi connectivity index (χ3v) is 8.68. The van der Waals surface area contributed by atoms with Crippen LogP contribution in [0.4, 0.5) is 36.3 Å². The molecule has 2 saturated heterocycles. The van der Waals surface area contributed by atoms with Gasteiger partial charge in [-0.2, -0.15) is 13.2 Å². The number of ether oxygens (including phenoxy) is 1. The number of halogens is 3. The Morgan fingerprint density at radius 1 is 0.978 bits per heavy atom. The van der Waals surface area contributed by atoms with Gasteiger partial charge in [-0.3, -0.25) is 9.69 Å². The SMILES string of the molecule is COc1ccc(NC(=O)c2ccc(C)c(Nc3ncnc4cnc(N5CCN(C6CCN(C)CC6)CC5)nc34)c2)cc1C(F)(F)F. The van der Waals surface area contributed by atoms with Gasteiger partial charge in [-0.15, -0.1) is 0 Å². The molecule has 0 unspecified atom stereocenters. The van der Waals surface area contributed by atoms with Crippen LogP contribution >= 0.6 is 0 Å². The first-order valence-electron chi connectivity index (χ1n) is 15.2. The third-order valence-electron chi connectivity index (χ3n) is 8.68. The smallest absolute Gasteiger partial charge is 0.420 e. The molecule has 4 heterocycles. The molecule has 4 aromatic rings. The van der Waals surface area contributed by atoms with Gasteiger partial charge in [-0.25, -0.2) is 19.9 Å². The number of piperidine rings is 1. The zero-order valence-electron chi connectivity index (χ0n) is 25.9. The second-order valence-corrected chi connectivity index (χ2v) is 11.7. The molecule has 6 rings (SSSR count). The van der Waals surface area contributed by atoms with Crippen molar-refractivity contribution < 1.29 is 22.7 Å². The minimum absolute atomic E-state index is 0.00795. The maximum absolute atomic E-state index is 13.5. The molecule has 2 aromatic carbocycles. The van der Waals surface area contributed by atoms with Crippen molar-refractivity contribution in [1.29, 1.82) is 0 Å². The van der Waals surface area contributed by atoms with Crippen molar-refractivity contribution in [2.24, 2.45) is 0 Å². The average Bonchev–Trinajstić information content (AvgIpc) is 3.05. The van der Waals surface area contributed by atoms with Crippen LogP contribution in [-0.4, -0.2) is 95.1 Å². The number of hydrogen-bond donors (Lipinski definition) is 2. The Hall–Kier alpha value is -4.56. The molecule has 0 bridgehead atoms. The third kappa shape index (κ3) is 6.82. The number of carbonyl (C=O) groups excluding carboxylic acids is 1. The van der Waals surface area contributed by atoms with Crippen LogP contribution in [0.2, 0.25) is 0 Å². The summed E-state index contributed by atoms with van der Waals surface area (Å²) >= 11 is 0. The van der Waals surface area contributed by atoms with Crippen LogP contribution in [0.3, 0.4) is 0 Å². The molecular weight excluding hydrogens is 599 g/mol. The van der Waals surface area contributed by atoms with E-state index in [1.807, 2.05) is 6.92 Å². The second kappa shape index (κ2) is 13.0. The molecule has 0 atom stereocenters. The van der Waals surface area contributed by atoms with Crippen LogP contribution in [0.5, 0.6) is 5.75 Å². The Bertz CT molecular complexity index is 1720. The maximum atomic E-state index is 13.5. The number of nitrogens with one attached hydrogen (secondary N) is 2. The van der Waals surface area contributed by atoms with Gasteiger partial charge in [-0.05, 0) is 75.8 Å². The number of likely N-dealkylation sites (tertiary alicyclic amines) is 1. The Kier molecular flexibility index (Phi) is 8.91. The lowest BCUT2D eigenvalue weighted by molar-refractivity contribution is -0.138. The predicted octanol–water partition coefficient (Wildman–Crippen LogP) is 4.97. The molecule has 14 heteroatoms. The summed E-state index contributed by atoms with van der Waals surface area (Å²) in [5.74, 6) is 0.157. The molecule has 2 N–H and O–H groups in total. The highest BCUT2D eigenvalue weighted by Gasteiger charge is 2.35. The van der Waals surface area contributed by atoms with Gasteiger partial charge in [0.05, 0.1) is 18.9 Å². The van der Waals surface area contributed by atoms with Crippen LogP contribution in [0.1, 0.15) is 34.3 Å². The summed E-state index contributed by atoms with van der Waals surface area (Å²) in [6.07, 6.45) is 0.851. The van der Waals surface area contributed by atoms with Crippen molar-refractivity contribution in [2.75, 3.05) is 69.0 Å². The van der Waals surface area contributed by atoms with E-state index < -0.39 is 17.6 Å². The quantitative estimate of drug-likeness (QED) is 0.289. The van der Waals surface area contributed by atoms with Gasteiger partial charge in [0.15, 0.2) is 5.82 Å².